The van der Waals surface area contributed by atoms with E-state index in [9.17, 15) is 0 Å². The summed E-state index contributed by atoms with van der Waals surface area (Å²) in [5.41, 5.74) is 5.46. The van der Waals surface area contributed by atoms with Gasteiger partial charge in [-0.15, -0.1) is 0 Å². The molecule has 0 radical (unpaired) electrons. The smallest absolute Gasteiger partial charge is 0.107 e. The Bertz CT molecular complexity index is 574. The Kier molecular flexibility index (Phi) is 2.94. The fraction of sp³-hybridized carbons (Fsp3) is 0.333. The van der Waals surface area contributed by atoms with Crippen LogP contribution in [0.2, 0.25) is 0 Å². The Balaban J connectivity index is 2.13. The first kappa shape index (κ1) is 12.4. The quantitative estimate of drug-likeness (QED) is 0.704. The molecule has 0 spiro atoms. The summed E-state index contributed by atoms with van der Waals surface area (Å²) < 4.78 is 5.48. The van der Waals surface area contributed by atoms with Crippen LogP contribution in [-0.4, -0.2) is 6.61 Å². The van der Waals surface area contributed by atoms with Crippen LogP contribution in [0.5, 0.6) is 0 Å². The average molecular weight is 252 g/mol. The minimum absolute atomic E-state index is 0.173. The highest BCUT2D eigenvalue weighted by Gasteiger charge is 2.28. The maximum absolute atomic E-state index is 5.48. The molecule has 2 aromatic rings. The van der Waals surface area contributed by atoms with Crippen LogP contribution in [0.3, 0.4) is 0 Å². The van der Waals surface area contributed by atoms with Crippen LogP contribution in [0.1, 0.15) is 38.0 Å². The molecule has 0 amide bonds. The van der Waals surface area contributed by atoms with Gasteiger partial charge in [-0.3, -0.25) is 0 Å². The molecule has 0 N–H and O–H groups in total. The molecule has 1 unspecified atom stereocenters. The Labute approximate surface area is 115 Å². The maximum atomic E-state index is 5.48. The molecule has 0 bridgehead atoms. The average Bonchev–Trinajstić information content (AvgIpc) is 3.22. The predicted octanol–water partition coefficient (Wildman–Crippen LogP) is 4.72. The normalized spacial score (nSPS) is 18.4. The number of rotatable bonds is 2. The molecular weight excluding hydrogens is 232 g/mol. The van der Waals surface area contributed by atoms with E-state index >= 15 is 0 Å². The maximum Gasteiger partial charge on any atom is 0.107 e. The van der Waals surface area contributed by atoms with E-state index in [0.717, 1.165) is 6.61 Å². The SMILES string of the molecule is CC(C)(C)c1ccc(C2CO2)c(-c2ccccc2)c1. The van der Waals surface area contributed by atoms with Crippen molar-refractivity contribution in [2.75, 3.05) is 6.61 Å². The second kappa shape index (κ2) is 4.50. The topological polar surface area (TPSA) is 12.5 Å². The predicted molar refractivity (Wildman–Crippen MR) is 79.3 cm³/mol. The van der Waals surface area contributed by atoms with Gasteiger partial charge in [0.05, 0.1) is 6.61 Å². The van der Waals surface area contributed by atoms with E-state index in [1.165, 1.54) is 22.3 Å². The molecule has 1 heterocycles. The molecule has 1 fully saturated rings. The van der Waals surface area contributed by atoms with Gasteiger partial charge >= 0.3 is 0 Å². The van der Waals surface area contributed by atoms with Crippen molar-refractivity contribution in [1.29, 1.82) is 0 Å². The van der Waals surface area contributed by atoms with Crippen molar-refractivity contribution in [3.8, 4) is 11.1 Å². The highest BCUT2D eigenvalue weighted by molar-refractivity contribution is 5.69. The van der Waals surface area contributed by atoms with Crippen molar-refractivity contribution in [3.63, 3.8) is 0 Å². The molecule has 0 aromatic heterocycles. The Morgan fingerprint density at radius 1 is 1.00 bits per heavy atom. The first-order valence-electron chi connectivity index (χ1n) is 6.87. The summed E-state index contributed by atoms with van der Waals surface area (Å²) in [6.45, 7) is 7.62. The van der Waals surface area contributed by atoms with Crippen molar-refractivity contribution in [2.24, 2.45) is 0 Å². The molecule has 98 valence electrons. The molecule has 19 heavy (non-hydrogen) atoms. The van der Waals surface area contributed by atoms with Gasteiger partial charge in [-0.25, -0.2) is 0 Å². The van der Waals surface area contributed by atoms with Crippen LogP contribution in [-0.2, 0) is 10.2 Å². The number of benzene rings is 2. The number of hydrogen-bond acceptors (Lipinski definition) is 1. The largest absolute Gasteiger partial charge is 0.368 e. The summed E-state index contributed by atoms with van der Waals surface area (Å²) in [5, 5.41) is 0. The van der Waals surface area contributed by atoms with Gasteiger partial charge in [-0.05, 0) is 27.7 Å². The van der Waals surface area contributed by atoms with Gasteiger partial charge in [-0.2, -0.15) is 0 Å². The standard InChI is InChI=1S/C18H20O/c1-18(2,3)14-9-10-15(17-12-19-17)16(11-14)13-7-5-4-6-8-13/h4-11,17H,12H2,1-3H3. The fourth-order valence-electron chi connectivity index (χ4n) is 2.40. The monoisotopic (exact) mass is 252 g/mol. The summed E-state index contributed by atoms with van der Waals surface area (Å²) in [5.74, 6) is 0. The molecule has 3 rings (SSSR count). The Morgan fingerprint density at radius 2 is 1.68 bits per heavy atom. The van der Waals surface area contributed by atoms with Gasteiger partial charge in [0.25, 0.3) is 0 Å². The van der Waals surface area contributed by atoms with Crippen LogP contribution >= 0.6 is 0 Å². The van der Waals surface area contributed by atoms with Crippen LogP contribution in [0, 0.1) is 0 Å². The first-order chi connectivity index (χ1) is 9.05. The molecule has 1 heteroatoms. The molecule has 1 saturated heterocycles. The molecule has 2 aromatic carbocycles. The molecule has 1 aliphatic rings. The lowest BCUT2D eigenvalue weighted by molar-refractivity contribution is 0.416. The number of hydrogen-bond donors (Lipinski definition) is 0. The van der Waals surface area contributed by atoms with Crippen molar-refractivity contribution in [3.05, 3.63) is 59.7 Å². The van der Waals surface area contributed by atoms with Crippen molar-refractivity contribution < 1.29 is 4.74 Å². The number of epoxide rings is 1. The summed E-state index contributed by atoms with van der Waals surface area (Å²) in [6, 6.07) is 17.4. The Morgan fingerprint density at radius 3 is 2.26 bits per heavy atom. The van der Waals surface area contributed by atoms with E-state index in [-0.39, 0.29) is 5.41 Å². The Hall–Kier alpha value is -1.60. The van der Waals surface area contributed by atoms with Gasteiger partial charge in [0.1, 0.15) is 6.10 Å². The van der Waals surface area contributed by atoms with E-state index in [0.29, 0.717) is 6.10 Å². The van der Waals surface area contributed by atoms with E-state index < -0.39 is 0 Å². The van der Waals surface area contributed by atoms with E-state index in [1.807, 2.05) is 0 Å². The van der Waals surface area contributed by atoms with Crippen molar-refractivity contribution in [2.45, 2.75) is 32.3 Å². The fourth-order valence-corrected chi connectivity index (χ4v) is 2.40. The molecule has 0 saturated carbocycles. The van der Waals surface area contributed by atoms with Gasteiger partial charge in [0.15, 0.2) is 0 Å². The lowest BCUT2D eigenvalue weighted by Crippen LogP contribution is -2.11. The van der Waals surface area contributed by atoms with Crippen molar-refractivity contribution in [1.82, 2.24) is 0 Å². The molecule has 1 nitrogen and oxygen atoms in total. The van der Waals surface area contributed by atoms with Crippen LogP contribution < -0.4 is 0 Å². The second-order valence-corrected chi connectivity index (χ2v) is 6.24. The highest BCUT2D eigenvalue weighted by Crippen LogP contribution is 2.39. The zero-order chi connectivity index (χ0) is 13.5. The third-order valence-corrected chi connectivity index (χ3v) is 3.68. The van der Waals surface area contributed by atoms with Crippen LogP contribution in [0.25, 0.3) is 11.1 Å². The van der Waals surface area contributed by atoms with Gasteiger partial charge in [0.2, 0.25) is 0 Å². The minimum Gasteiger partial charge on any atom is -0.368 e. The van der Waals surface area contributed by atoms with E-state index in [2.05, 4.69) is 69.3 Å². The summed E-state index contributed by atoms with van der Waals surface area (Å²) in [6.07, 6.45) is 0.296. The third kappa shape index (κ3) is 2.57. The zero-order valence-electron chi connectivity index (χ0n) is 11.8. The third-order valence-electron chi connectivity index (χ3n) is 3.68. The highest BCUT2D eigenvalue weighted by atomic mass is 16.6. The van der Waals surface area contributed by atoms with Crippen LogP contribution in [0.4, 0.5) is 0 Å². The molecular formula is C18H20O. The molecule has 1 aliphatic heterocycles. The zero-order valence-corrected chi connectivity index (χ0v) is 11.8. The van der Waals surface area contributed by atoms with Crippen molar-refractivity contribution >= 4 is 0 Å². The van der Waals surface area contributed by atoms with Gasteiger partial charge < -0.3 is 4.74 Å². The molecule has 1 atom stereocenters. The summed E-state index contributed by atoms with van der Waals surface area (Å²) in [4.78, 5) is 0. The lowest BCUT2D eigenvalue weighted by atomic mass is 9.83. The summed E-state index contributed by atoms with van der Waals surface area (Å²) >= 11 is 0. The first-order valence-corrected chi connectivity index (χ1v) is 6.87. The summed E-state index contributed by atoms with van der Waals surface area (Å²) in [7, 11) is 0. The molecule has 0 aliphatic carbocycles. The minimum atomic E-state index is 0.173. The second-order valence-electron chi connectivity index (χ2n) is 6.24. The van der Waals surface area contributed by atoms with E-state index in [1.54, 1.807) is 0 Å². The van der Waals surface area contributed by atoms with Gasteiger partial charge in [-0.1, -0.05) is 69.3 Å². The number of ether oxygens (including phenoxy) is 1. The van der Waals surface area contributed by atoms with Crippen LogP contribution in [0.15, 0.2) is 48.5 Å². The lowest BCUT2D eigenvalue weighted by Gasteiger charge is -2.21. The van der Waals surface area contributed by atoms with E-state index in [4.69, 9.17) is 4.74 Å². The van der Waals surface area contributed by atoms with Gasteiger partial charge in [0, 0.05) is 0 Å².